The lowest BCUT2D eigenvalue weighted by atomic mass is 10.0. The van der Waals surface area contributed by atoms with E-state index in [2.05, 4.69) is 50.3 Å². The maximum atomic E-state index is 11.4. The van der Waals surface area contributed by atoms with Gasteiger partial charge in [-0.15, -0.1) is 11.3 Å². The molecule has 0 saturated carbocycles. The Morgan fingerprint density at radius 3 is 2.66 bits per heavy atom. The number of carbonyl (C=O) groups is 1. The van der Waals surface area contributed by atoms with Gasteiger partial charge in [0, 0.05) is 20.6 Å². The zero-order chi connectivity index (χ0) is 20.5. The summed E-state index contributed by atoms with van der Waals surface area (Å²) in [7, 11) is 0. The van der Waals surface area contributed by atoms with Gasteiger partial charge in [-0.3, -0.25) is 0 Å². The minimum Gasteiger partial charge on any atom is -0.478 e. The Kier molecular flexibility index (Phi) is 5.54. The highest BCUT2D eigenvalue weighted by Gasteiger charge is 2.19. The van der Waals surface area contributed by atoms with Crippen molar-refractivity contribution in [2.75, 3.05) is 5.32 Å². The number of halogens is 2. The maximum absolute atomic E-state index is 11.4. The predicted molar refractivity (Wildman–Crippen MR) is 122 cm³/mol. The number of anilines is 2. The van der Waals surface area contributed by atoms with Gasteiger partial charge in [-0.2, -0.15) is 0 Å². The van der Waals surface area contributed by atoms with Gasteiger partial charge in [0.05, 0.1) is 16.0 Å². The molecule has 0 amide bonds. The average Bonchev–Trinajstić information content (AvgIpc) is 3.09. The quantitative estimate of drug-likeness (QED) is 0.324. The fraction of sp³-hybridized carbons (Fsp3) is 0.0952. The molecule has 0 spiro atoms. The van der Waals surface area contributed by atoms with Crippen molar-refractivity contribution in [3.63, 3.8) is 0 Å². The van der Waals surface area contributed by atoms with Crippen molar-refractivity contribution in [1.82, 2.24) is 9.97 Å². The monoisotopic (exact) mass is 487 g/mol. The highest BCUT2D eigenvalue weighted by atomic mass is 79.9. The minimum atomic E-state index is -1.08. The second-order valence-corrected chi connectivity index (χ2v) is 8.69. The fourth-order valence-electron chi connectivity index (χ4n) is 3.15. The number of rotatable bonds is 5. The molecule has 0 saturated heterocycles. The third-order valence-electron chi connectivity index (χ3n) is 4.47. The molecule has 0 fully saturated rings. The van der Waals surface area contributed by atoms with Gasteiger partial charge in [0.15, 0.2) is 0 Å². The van der Waals surface area contributed by atoms with E-state index in [-0.39, 0.29) is 10.6 Å². The first-order chi connectivity index (χ1) is 14.0. The molecular formula is C21H15BrClN3O2S. The van der Waals surface area contributed by atoms with E-state index in [1.807, 2.05) is 12.1 Å². The first-order valence-corrected chi connectivity index (χ1v) is 10.8. The molecule has 2 heterocycles. The number of carboxylic acids is 1. The van der Waals surface area contributed by atoms with Crippen LogP contribution < -0.4 is 5.32 Å². The number of nitrogens with one attached hydrogen (secondary N) is 1. The van der Waals surface area contributed by atoms with Gasteiger partial charge in [0.2, 0.25) is 0 Å². The average molecular weight is 489 g/mol. The van der Waals surface area contributed by atoms with Crippen molar-refractivity contribution in [1.29, 1.82) is 0 Å². The van der Waals surface area contributed by atoms with E-state index in [4.69, 9.17) is 11.6 Å². The molecule has 0 unspecified atom stereocenters. The number of hydrogen-bond acceptors (Lipinski definition) is 5. The molecule has 5 nitrogen and oxygen atoms in total. The summed E-state index contributed by atoms with van der Waals surface area (Å²) >= 11 is 11.1. The largest absolute Gasteiger partial charge is 0.478 e. The molecule has 0 aliphatic heterocycles. The third kappa shape index (κ3) is 3.85. The normalized spacial score (nSPS) is 11.0. The Bertz CT molecular complexity index is 1220. The lowest BCUT2D eigenvalue weighted by Gasteiger charge is -2.10. The number of thiophene rings is 1. The first-order valence-electron chi connectivity index (χ1n) is 8.80. The zero-order valence-corrected chi connectivity index (χ0v) is 18.4. The topological polar surface area (TPSA) is 75.1 Å². The van der Waals surface area contributed by atoms with E-state index in [1.165, 1.54) is 17.3 Å². The van der Waals surface area contributed by atoms with E-state index in [0.29, 0.717) is 11.5 Å². The SMILES string of the molecule is CCc1sc2ncnc(Nc3ccc(Cl)c(C(=O)O)c3)c2c1-c1ccc(Br)cc1. The lowest BCUT2D eigenvalue weighted by molar-refractivity contribution is 0.0697. The summed E-state index contributed by atoms with van der Waals surface area (Å²) in [6.07, 6.45) is 2.38. The van der Waals surface area contributed by atoms with E-state index >= 15 is 0 Å². The molecular weight excluding hydrogens is 474 g/mol. The van der Waals surface area contributed by atoms with Crippen molar-refractivity contribution < 1.29 is 9.90 Å². The first kappa shape index (κ1) is 19.8. The van der Waals surface area contributed by atoms with Crippen molar-refractivity contribution >= 4 is 66.6 Å². The summed E-state index contributed by atoms with van der Waals surface area (Å²) in [5.41, 5.74) is 2.81. The smallest absolute Gasteiger partial charge is 0.337 e. The number of carboxylic acid groups (broad SMARTS) is 1. The summed E-state index contributed by atoms with van der Waals surface area (Å²) in [6, 6.07) is 12.9. The van der Waals surface area contributed by atoms with Crippen LogP contribution in [0.2, 0.25) is 5.02 Å². The van der Waals surface area contributed by atoms with Gasteiger partial charge in [-0.05, 0) is 42.3 Å². The fourth-order valence-corrected chi connectivity index (χ4v) is 4.71. The van der Waals surface area contributed by atoms with Crippen molar-refractivity contribution in [2.24, 2.45) is 0 Å². The standard InChI is InChI=1S/C21H15BrClN3O2S/c1-2-16-17(11-3-5-12(22)6-4-11)18-19(24-10-25-20(18)29-16)26-13-7-8-15(23)14(9-13)21(27)28/h3-10H,2H2,1H3,(H,27,28)(H,24,25,26). The maximum Gasteiger partial charge on any atom is 0.337 e. The molecule has 0 aliphatic carbocycles. The summed E-state index contributed by atoms with van der Waals surface area (Å²) in [5.74, 6) is -0.451. The highest BCUT2D eigenvalue weighted by molar-refractivity contribution is 9.10. The predicted octanol–water partition coefficient (Wildman–Crippen LogP) is 6.78. The van der Waals surface area contributed by atoms with Crippen LogP contribution in [0, 0.1) is 0 Å². The Labute approximate surface area is 184 Å². The summed E-state index contributed by atoms with van der Waals surface area (Å²) in [6.45, 7) is 2.12. The Morgan fingerprint density at radius 1 is 1.21 bits per heavy atom. The van der Waals surface area contributed by atoms with Crippen molar-refractivity contribution in [2.45, 2.75) is 13.3 Å². The molecule has 2 N–H and O–H groups in total. The zero-order valence-electron chi connectivity index (χ0n) is 15.2. The van der Waals surface area contributed by atoms with E-state index in [9.17, 15) is 9.90 Å². The van der Waals surface area contributed by atoms with Crippen LogP contribution in [-0.4, -0.2) is 21.0 Å². The van der Waals surface area contributed by atoms with Gasteiger partial charge in [0.25, 0.3) is 0 Å². The molecule has 8 heteroatoms. The number of nitrogens with zero attached hydrogens (tertiary/aromatic N) is 2. The second kappa shape index (κ2) is 8.10. The number of hydrogen-bond donors (Lipinski definition) is 2. The molecule has 0 radical (unpaired) electrons. The molecule has 0 bridgehead atoms. The van der Waals surface area contributed by atoms with Gasteiger partial charge < -0.3 is 10.4 Å². The molecule has 2 aromatic heterocycles. The molecule has 0 atom stereocenters. The second-order valence-electron chi connectivity index (χ2n) is 6.29. The van der Waals surface area contributed by atoms with Gasteiger partial charge in [-0.25, -0.2) is 14.8 Å². The number of aromatic nitrogens is 2. The molecule has 2 aromatic carbocycles. The molecule has 4 rings (SSSR count). The van der Waals surface area contributed by atoms with Crippen LogP contribution in [-0.2, 0) is 6.42 Å². The van der Waals surface area contributed by atoms with E-state index in [0.717, 1.165) is 32.2 Å². The number of aromatic carboxylic acids is 1. The number of aryl methyl sites for hydroxylation is 1. The highest BCUT2D eigenvalue weighted by Crippen LogP contribution is 2.42. The van der Waals surface area contributed by atoms with Crippen LogP contribution in [0.3, 0.4) is 0 Å². The lowest BCUT2D eigenvalue weighted by Crippen LogP contribution is -2.01. The van der Waals surface area contributed by atoms with Crippen LogP contribution in [0.5, 0.6) is 0 Å². The van der Waals surface area contributed by atoms with E-state index < -0.39 is 5.97 Å². The van der Waals surface area contributed by atoms with Gasteiger partial charge in [-0.1, -0.05) is 46.6 Å². The van der Waals surface area contributed by atoms with Gasteiger partial charge >= 0.3 is 5.97 Å². The molecule has 4 aromatic rings. The number of fused-ring (bicyclic) bond motifs is 1. The van der Waals surface area contributed by atoms with E-state index in [1.54, 1.807) is 23.5 Å². The van der Waals surface area contributed by atoms with Crippen LogP contribution >= 0.6 is 38.9 Å². The van der Waals surface area contributed by atoms with Crippen LogP contribution in [0.1, 0.15) is 22.2 Å². The third-order valence-corrected chi connectivity index (χ3v) is 6.58. The Balaban J connectivity index is 1.88. The van der Waals surface area contributed by atoms with Crippen molar-refractivity contribution in [3.8, 4) is 11.1 Å². The minimum absolute atomic E-state index is 0.0367. The summed E-state index contributed by atoms with van der Waals surface area (Å²) in [4.78, 5) is 22.4. The van der Waals surface area contributed by atoms with Crippen LogP contribution in [0.25, 0.3) is 21.3 Å². The number of benzene rings is 2. The Hall–Kier alpha value is -2.48. The molecule has 0 aliphatic rings. The molecule has 146 valence electrons. The summed E-state index contributed by atoms with van der Waals surface area (Å²) < 4.78 is 1.01. The summed E-state index contributed by atoms with van der Waals surface area (Å²) in [5, 5.41) is 13.7. The molecule has 29 heavy (non-hydrogen) atoms. The van der Waals surface area contributed by atoms with Crippen LogP contribution in [0.15, 0.2) is 53.3 Å². The Morgan fingerprint density at radius 2 is 1.97 bits per heavy atom. The van der Waals surface area contributed by atoms with Crippen LogP contribution in [0.4, 0.5) is 11.5 Å². The van der Waals surface area contributed by atoms with Crippen molar-refractivity contribution in [3.05, 3.63) is 68.7 Å². The van der Waals surface area contributed by atoms with Gasteiger partial charge in [0.1, 0.15) is 17.0 Å².